The predicted octanol–water partition coefficient (Wildman–Crippen LogP) is 4.64. The van der Waals surface area contributed by atoms with Crippen LogP contribution in [0.25, 0.3) is 0 Å². The number of carbonyl (C=O) groups is 1. The van der Waals surface area contributed by atoms with Gasteiger partial charge in [-0.05, 0) is 38.5 Å². The number of likely N-dealkylation sites (tertiary alicyclic amines) is 1. The van der Waals surface area contributed by atoms with Crippen LogP contribution in [0.3, 0.4) is 0 Å². The number of hydrogen-bond acceptors (Lipinski definition) is 8. The largest absolute Gasteiger partial charge is 0.444 e. The Morgan fingerprint density at radius 1 is 1.25 bits per heavy atom. The summed E-state index contributed by atoms with van der Waals surface area (Å²) in [6, 6.07) is 0.527. The van der Waals surface area contributed by atoms with E-state index in [0.717, 1.165) is 72.6 Å². The van der Waals surface area contributed by atoms with Gasteiger partial charge in [-0.2, -0.15) is 0 Å². The molecule has 0 bridgehead atoms. The molecule has 3 N–H and O–H groups in total. The van der Waals surface area contributed by atoms with E-state index in [1.54, 1.807) is 23.1 Å². The number of piperidine rings is 1. The summed E-state index contributed by atoms with van der Waals surface area (Å²) in [7, 11) is 0. The second-order valence-electron chi connectivity index (χ2n) is 10.0. The maximum atomic E-state index is 13.0. The highest BCUT2D eigenvalue weighted by Gasteiger charge is 2.31. The first-order valence-electron chi connectivity index (χ1n) is 11.6. The smallest absolute Gasteiger partial charge is 0.225 e. The fourth-order valence-corrected chi connectivity index (χ4v) is 6.15. The SMILES string of the molecule is CC(C)(C)c1cnc(CSc2cnc(NC3CCCN(C(=O)C4CCC(N)CC4)C3)s2)o1. The molecule has 2 aromatic rings. The number of anilines is 1. The molecule has 1 aliphatic heterocycles. The van der Waals surface area contributed by atoms with E-state index >= 15 is 0 Å². The molecule has 1 atom stereocenters. The van der Waals surface area contributed by atoms with E-state index in [4.69, 9.17) is 10.2 Å². The first-order valence-corrected chi connectivity index (χ1v) is 13.4. The molecule has 2 fully saturated rings. The molecule has 0 spiro atoms. The summed E-state index contributed by atoms with van der Waals surface area (Å²) in [5.74, 6) is 2.82. The zero-order valence-electron chi connectivity index (χ0n) is 19.3. The van der Waals surface area contributed by atoms with Gasteiger partial charge in [0.15, 0.2) is 5.13 Å². The van der Waals surface area contributed by atoms with Gasteiger partial charge in [0.1, 0.15) is 5.76 Å². The van der Waals surface area contributed by atoms with Gasteiger partial charge in [0.05, 0.1) is 22.4 Å². The molecule has 1 unspecified atom stereocenters. The number of aromatic nitrogens is 2. The first kappa shape index (κ1) is 23.6. The molecule has 2 aliphatic rings. The van der Waals surface area contributed by atoms with Gasteiger partial charge >= 0.3 is 0 Å². The van der Waals surface area contributed by atoms with E-state index in [1.807, 2.05) is 12.4 Å². The minimum atomic E-state index is -0.0312. The van der Waals surface area contributed by atoms with Crippen molar-refractivity contribution in [3.05, 3.63) is 24.0 Å². The first-order chi connectivity index (χ1) is 15.3. The van der Waals surface area contributed by atoms with Gasteiger partial charge in [-0.15, -0.1) is 11.8 Å². The lowest BCUT2D eigenvalue weighted by atomic mass is 9.85. The number of carbonyl (C=O) groups excluding carboxylic acids is 1. The minimum Gasteiger partial charge on any atom is -0.444 e. The number of amides is 1. The molecule has 0 aromatic carbocycles. The molecule has 7 nitrogen and oxygen atoms in total. The van der Waals surface area contributed by atoms with Crippen LogP contribution in [0.1, 0.15) is 70.9 Å². The van der Waals surface area contributed by atoms with Crippen LogP contribution in [0, 0.1) is 5.92 Å². The summed E-state index contributed by atoms with van der Waals surface area (Å²) in [6.07, 6.45) is 9.63. The Morgan fingerprint density at radius 3 is 2.75 bits per heavy atom. The maximum absolute atomic E-state index is 13.0. The molecule has 0 radical (unpaired) electrons. The maximum Gasteiger partial charge on any atom is 0.225 e. The highest BCUT2D eigenvalue weighted by molar-refractivity contribution is 8.00. The Balaban J connectivity index is 1.26. The molecule has 1 aliphatic carbocycles. The molecule has 2 aromatic heterocycles. The number of nitrogens with zero attached hydrogens (tertiary/aromatic N) is 3. The lowest BCUT2D eigenvalue weighted by Gasteiger charge is -2.36. The van der Waals surface area contributed by atoms with Crippen molar-refractivity contribution in [3.63, 3.8) is 0 Å². The van der Waals surface area contributed by atoms with Crippen molar-refractivity contribution in [1.29, 1.82) is 0 Å². The van der Waals surface area contributed by atoms with Crippen LogP contribution in [0.4, 0.5) is 5.13 Å². The summed E-state index contributed by atoms with van der Waals surface area (Å²) in [6.45, 7) is 7.99. The van der Waals surface area contributed by atoms with Crippen LogP contribution < -0.4 is 11.1 Å². The summed E-state index contributed by atoms with van der Waals surface area (Å²) >= 11 is 3.34. The zero-order valence-corrected chi connectivity index (χ0v) is 20.9. The third-order valence-corrected chi connectivity index (χ3v) is 8.40. The van der Waals surface area contributed by atoms with Gasteiger partial charge in [0, 0.05) is 36.5 Å². The second-order valence-corrected chi connectivity index (χ2v) is 12.3. The molecule has 4 rings (SSSR count). The monoisotopic (exact) mass is 477 g/mol. The number of thiazole rings is 1. The zero-order chi connectivity index (χ0) is 22.7. The van der Waals surface area contributed by atoms with E-state index in [9.17, 15) is 4.79 Å². The van der Waals surface area contributed by atoms with Crippen molar-refractivity contribution in [2.45, 2.75) is 86.8 Å². The highest BCUT2D eigenvalue weighted by Crippen LogP contribution is 2.33. The minimum absolute atomic E-state index is 0.0312. The van der Waals surface area contributed by atoms with Gasteiger partial charge in [0.25, 0.3) is 0 Å². The van der Waals surface area contributed by atoms with E-state index in [0.29, 0.717) is 11.7 Å². The van der Waals surface area contributed by atoms with Crippen LogP contribution >= 0.6 is 23.1 Å². The van der Waals surface area contributed by atoms with E-state index < -0.39 is 0 Å². The van der Waals surface area contributed by atoms with Gasteiger partial charge in [-0.3, -0.25) is 4.79 Å². The Bertz CT molecular complexity index is 898. The molecule has 1 saturated heterocycles. The fraction of sp³-hybridized carbons (Fsp3) is 0.696. The van der Waals surface area contributed by atoms with Crippen LogP contribution in [-0.2, 0) is 16.0 Å². The lowest BCUT2D eigenvalue weighted by Crippen LogP contribution is -2.48. The Hall–Kier alpha value is -1.58. The van der Waals surface area contributed by atoms with E-state index in [2.05, 4.69) is 41.0 Å². The topological polar surface area (TPSA) is 97.3 Å². The number of nitrogens with two attached hydrogens (primary N) is 1. The molecule has 9 heteroatoms. The Kier molecular flexibility index (Phi) is 7.47. The Morgan fingerprint density at radius 2 is 2.03 bits per heavy atom. The third kappa shape index (κ3) is 6.05. The average Bonchev–Trinajstić information content (AvgIpc) is 3.42. The van der Waals surface area contributed by atoms with E-state index in [-0.39, 0.29) is 23.4 Å². The summed E-state index contributed by atoms with van der Waals surface area (Å²) in [5.41, 5.74) is 5.98. The van der Waals surface area contributed by atoms with Gasteiger partial charge in [-0.1, -0.05) is 32.1 Å². The highest BCUT2D eigenvalue weighted by atomic mass is 32.2. The van der Waals surface area contributed by atoms with E-state index in [1.165, 1.54) is 0 Å². The number of rotatable bonds is 6. The van der Waals surface area contributed by atoms with Crippen molar-refractivity contribution in [1.82, 2.24) is 14.9 Å². The van der Waals surface area contributed by atoms with Crippen molar-refractivity contribution < 1.29 is 9.21 Å². The summed E-state index contributed by atoms with van der Waals surface area (Å²) < 4.78 is 7.01. The van der Waals surface area contributed by atoms with Crippen molar-refractivity contribution in [2.75, 3.05) is 18.4 Å². The molecule has 32 heavy (non-hydrogen) atoms. The molecule has 3 heterocycles. The molecule has 176 valence electrons. The predicted molar refractivity (Wildman–Crippen MR) is 130 cm³/mol. The van der Waals surface area contributed by atoms with Crippen LogP contribution in [-0.4, -0.2) is 45.9 Å². The van der Waals surface area contributed by atoms with Crippen molar-refractivity contribution >= 4 is 34.1 Å². The van der Waals surface area contributed by atoms with Crippen LogP contribution in [0.15, 0.2) is 21.0 Å². The normalized spacial score (nSPS) is 24.5. The van der Waals surface area contributed by atoms with Gasteiger partial charge in [0.2, 0.25) is 11.8 Å². The summed E-state index contributed by atoms with van der Waals surface area (Å²) in [5, 5.41) is 4.47. The lowest BCUT2D eigenvalue weighted by molar-refractivity contribution is -0.137. The number of hydrogen-bond donors (Lipinski definition) is 2. The number of thioether (sulfide) groups is 1. The molecular formula is C23H35N5O2S2. The van der Waals surface area contributed by atoms with Crippen molar-refractivity contribution in [2.24, 2.45) is 11.7 Å². The van der Waals surface area contributed by atoms with Gasteiger partial charge < -0.3 is 20.4 Å². The second kappa shape index (κ2) is 10.1. The fourth-order valence-electron chi connectivity index (χ4n) is 4.34. The number of nitrogens with one attached hydrogen (secondary N) is 1. The van der Waals surface area contributed by atoms with Crippen LogP contribution in [0.5, 0.6) is 0 Å². The average molecular weight is 478 g/mol. The number of oxazole rings is 1. The van der Waals surface area contributed by atoms with Crippen molar-refractivity contribution in [3.8, 4) is 0 Å². The van der Waals surface area contributed by atoms with Gasteiger partial charge in [-0.25, -0.2) is 9.97 Å². The Labute approximate surface area is 198 Å². The molecule has 1 saturated carbocycles. The summed E-state index contributed by atoms with van der Waals surface area (Å²) in [4.78, 5) is 24.0. The molecule has 1 amide bonds. The quantitative estimate of drug-likeness (QED) is 0.585. The standard InChI is InChI=1S/C23H35N5O2S2/c1-23(2,3)18-11-25-19(30-18)14-31-20-12-26-22(32-20)27-17-5-4-10-28(13-17)21(29)15-6-8-16(24)9-7-15/h11-12,15-17H,4-10,13-14,24H2,1-3H3,(H,26,27). The van der Waals surface area contributed by atoms with Crippen LogP contribution in [0.2, 0.25) is 0 Å². The third-order valence-electron chi connectivity index (χ3n) is 6.30. The molecular weight excluding hydrogens is 442 g/mol.